The number of imidazole rings is 1. The van der Waals surface area contributed by atoms with Gasteiger partial charge >= 0.3 is 0 Å². The van der Waals surface area contributed by atoms with Crippen molar-refractivity contribution in [1.82, 2.24) is 9.55 Å². The van der Waals surface area contributed by atoms with Gasteiger partial charge in [0.2, 0.25) is 0 Å². The standard InChI is InChI=1S/C15H20N2O/c1-11(2)12-4-6-13(7-5-12)14(18)10-15-16-8-9-17(15)3/h4-9,11,14,18H,10H2,1-3H3. The van der Waals surface area contributed by atoms with Gasteiger partial charge in [-0.3, -0.25) is 0 Å². The Morgan fingerprint density at radius 3 is 2.28 bits per heavy atom. The first-order valence-corrected chi connectivity index (χ1v) is 6.32. The van der Waals surface area contributed by atoms with Crippen LogP contribution in [0.5, 0.6) is 0 Å². The first-order chi connectivity index (χ1) is 8.58. The highest BCUT2D eigenvalue weighted by atomic mass is 16.3. The van der Waals surface area contributed by atoms with Crippen LogP contribution in [0.3, 0.4) is 0 Å². The molecule has 1 unspecified atom stereocenters. The number of aryl methyl sites for hydroxylation is 1. The normalized spacial score (nSPS) is 12.9. The smallest absolute Gasteiger partial charge is 0.111 e. The van der Waals surface area contributed by atoms with Crippen LogP contribution in [0, 0.1) is 0 Å². The van der Waals surface area contributed by atoms with Crippen molar-refractivity contribution in [3.8, 4) is 0 Å². The highest BCUT2D eigenvalue weighted by Crippen LogP contribution is 2.20. The van der Waals surface area contributed by atoms with Crippen LogP contribution in [0.1, 0.15) is 42.8 Å². The van der Waals surface area contributed by atoms with Crippen LogP contribution in [-0.4, -0.2) is 14.7 Å². The van der Waals surface area contributed by atoms with Crippen molar-refractivity contribution in [2.45, 2.75) is 32.3 Å². The maximum Gasteiger partial charge on any atom is 0.111 e. The Morgan fingerprint density at radius 2 is 1.78 bits per heavy atom. The zero-order valence-electron chi connectivity index (χ0n) is 11.2. The molecular formula is C15H20N2O. The third-order valence-corrected chi connectivity index (χ3v) is 3.28. The summed E-state index contributed by atoms with van der Waals surface area (Å²) in [5, 5.41) is 10.2. The first kappa shape index (κ1) is 12.8. The number of hydrogen-bond donors (Lipinski definition) is 1. The molecule has 0 radical (unpaired) electrons. The third kappa shape index (κ3) is 2.79. The summed E-state index contributed by atoms with van der Waals surface area (Å²) in [5.41, 5.74) is 2.24. The minimum atomic E-state index is -0.493. The topological polar surface area (TPSA) is 38.1 Å². The molecule has 1 aromatic carbocycles. The number of aliphatic hydroxyl groups excluding tert-OH is 1. The van der Waals surface area contributed by atoms with Gasteiger partial charge in [0.05, 0.1) is 6.10 Å². The molecule has 96 valence electrons. The van der Waals surface area contributed by atoms with E-state index in [1.807, 2.05) is 29.9 Å². The van der Waals surface area contributed by atoms with E-state index in [1.165, 1.54) is 5.56 Å². The lowest BCUT2D eigenvalue weighted by Crippen LogP contribution is -2.06. The average molecular weight is 244 g/mol. The van der Waals surface area contributed by atoms with Crippen LogP contribution in [0.15, 0.2) is 36.7 Å². The van der Waals surface area contributed by atoms with Crippen LogP contribution in [0.25, 0.3) is 0 Å². The molecule has 0 aliphatic rings. The SMILES string of the molecule is CC(C)c1ccc(C(O)Cc2nccn2C)cc1. The van der Waals surface area contributed by atoms with Gasteiger partial charge in [0.25, 0.3) is 0 Å². The molecule has 0 saturated carbocycles. The average Bonchev–Trinajstić information content (AvgIpc) is 2.75. The van der Waals surface area contributed by atoms with Gasteiger partial charge in [-0.25, -0.2) is 4.98 Å². The summed E-state index contributed by atoms with van der Waals surface area (Å²) in [7, 11) is 1.94. The van der Waals surface area contributed by atoms with E-state index in [9.17, 15) is 5.11 Å². The number of aliphatic hydroxyl groups is 1. The zero-order valence-corrected chi connectivity index (χ0v) is 11.2. The molecule has 0 fully saturated rings. The minimum Gasteiger partial charge on any atom is -0.388 e. The Hall–Kier alpha value is -1.61. The van der Waals surface area contributed by atoms with Crippen molar-refractivity contribution in [2.75, 3.05) is 0 Å². The monoisotopic (exact) mass is 244 g/mol. The van der Waals surface area contributed by atoms with Gasteiger partial charge in [0.1, 0.15) is 5.82 Å². The predicted molar refractivity (Wildman–Crippen MR) is 72.4 cm³/mol. The molecule has 18 heavy (non-hydrogen) atoms. The molecule has 3 nitrogen and oxygen atoms in total. The van der Waals surface area contributed by atoms with Crippen LogP contribution < -0.4 is 0 Å². The number of hydrogen-bond acceptors (Lipinski definition) is 2. The highest BCUT2D eigenvalue weighted by Gasteiger charge is 2.11. The van der Waals surface area contributed by atoms with Crippen LogP contribution >= 0.6 is 0 Å². The first-order valence-electron chi connectivity index (χ1n) is 6.32. The van der Waals surface area contributed by atoms with E-state index in [-0.39, 0.29) is 0 Å². The molecule has 0 amide bonds. The molecule has 0 saturated heterocycles. The Bertz CT molecular complexity index is 499. The van der Waals surface area contributed by atoms with Crippen molar-refractivity contribution >= 4 is 0 Å². The second-order valence-corrected chi connectivity index (χ2v) is 5.00. The van der Waals surface area contributed by atoms with Crippen LogP contribution in [0.2, 0.25) is 0 Å². The van der Waals surface area contributed by atoms with Crippen LogP contribution in [0.4, 0.5) is 0 Å². The van der Waals surface area contributed by atoms with Crippen LogP contribution in [-0.2, 0) is 13.5 Å². The summed E-state index contributed by atoms with van der Waals surface area (Å²) >= 11 is 0. The number of benzene rings is 1. The van der Waals surface area contributed by atoms with E-state index in [4.69, 9.17) is 0 Å². The maximum atomic E-state index is 10.2. The molecule has 0 bridgehead atoms. The molecule has 1 aromatic heterocycles. The molecule has 3 heteroatoms. The molecule has 2 rings (SSSR count). The Balaban J connectivity index is 2.09. The lowest BCUT2D eigenvalue weighted by Gasteiger charge is -2.12. The highest BCUT2D eigenvalue weighted by molar-refractivity contribution is 5.26. The number of rotatable bonds is 4. The summed E-state index contributed by atoms with van der Waals surface area (Å²) < 4.78 is 1.94. The lowest BCUT2D eigenvalue weighted by atomic mass is 9.99. The molecule has 2 aromatic rings. The van der Waals surface area contributed by atoms with Crippen molar-refractivity contribution in [3.63, 3.8) is 0 Å². The van der Waals surface area contributed by atoms with E-state index in [0.29, 0.717) is 12.3 Å². The largest absolute Gasteiger partial charge is 0.388 e. The second kappa shape index (κ2) is 5.36. The number of nitrogens with zero attached hydrogens (tertiary/aromatic N) is 2. The summed E-state index contributed by atoms with van der Waals surface area (Å²) in [5.74, 6) is 1.42. The zero-order chi connectivity index (χ0) is 13.1. The Morgan fingerprint density at radius 1 is 1.17 bits per heavy atom. The van der Waals surface area contributed by atoms with E-state index in [1.54, 1.807) is 6.20 Å². The summed E-state index contributed by atoms with van der Waals surface area (Å²) in [4.78, 5) is 4.23. The van der Waals surface area contributed by atoms with Gasteiger partial charge < -0.3 is 9.67 Å². The Labute approximate surface area is 108 Å². The van der Waals surface area contributed by atoms with E-state index in [0.717, 1.165) is 11.4 Å². The summed E-state index contributed by atoms with van der Waals surface area (Å²) in [6.07, 6.45) is 3.70. The van der Waals surface area contributed by atoms with Gasteiger partial charge in [-0.15, -0.1) is 0 Å². The predicted octanol–water partition coefficient (Wildman–Crippen LogP) is 2.82. The molecule has 1 heterocycles. The Kier molecular flexibility index (Phi) is 3.82. The number of aromatic nitrogens is 2. The molecule has 0 spiro atoms. The van der Waals surface area contributed by atoms with Crippen molar-refractivity contribution < 1.29 is 5.11 Å². The minimum absolute atomic E-state index is 0.493. The van der Waals surface area contributed by atoms with Gasteiger partial charge in [-0.2, -0.15) is 0 Å². The van der Waals surface area contributed by atoms with Gasteiger partial charge in [0, 0.05) is 25.9 Å². The quantitative estimate of drug-likeness (QED) is 0.898. The third-order valence-electron chi connectivity index (χ3n) is 3.28. The van der Waals surface area contributed by atoms with Crippen molar-refractivity contribution in [1.29, 1.82) is 0 Å². The molecule has 1 N–H and O–H groups in total. The summed E-state index contributed by atoms with van der Waals surface area (Å²) in [6, 6.07) is 8.18. The second-order valence-electron chi connectivity index (χ2n) is 5.00. The van der Waals surface area contributed by atoms with E-state index >= 15 is 0 Å². The molecular weight excluding hydrogens is 224 g/mol. The van der Waals surface area contributed by atoms with Gasteiger partial charge in [0.15, 0.2) is 0 Å². The fourth-order valence-electron chi connectivity index (χ4n) is 1.99. The fraction of sp³-hybridized carbons (Fsp3) is 0.400. The van der Waals surface area contributed by atoms with Crippen molar-refractivity contribution in [3.05, 3.63) is 53.6 Å². The lowest BCUT2D eigenvalue weighted by molar-refractivity contribution is 0.175. The molecule has 0 aliphatic heterocycles. The van der Waals surface area contributed by atoms with E-state index in [2.05, 4.69) is 31.0 Å². The fourth-order valence-corrected chi connectivity index (χ4v) is 1.99. The van der Waals surface area contributed by atoms with Gasteiger partial charge in [-0.05, 0) is 17.0 Å². The maximum absolute atomic E-state index is 10.2. The molecule has 1 atom stereocenters. The molecule has 0 aliphatic carbocycles. The van der Waals surface area contributed by atoms with Crippen molar-refractivity contribution in [2.24, 2.45) is 7.05 Å². The van der Waals surface area contributed by atoms with Gasteiger partial charge in [-0.1, -0.05) is 38.1 Å². The van der Waals surface area contributed by atoms with E-state index < -0.39 is 6.10 Å². The summed E-state index contributed by atoms with van der Waals surface area (Å²) in [6.45, 7) is 4.33.